The van der Waals surface area contributed by atoms with Crippen molar-refractivity contribution in [2.24, 2.45) is 0 Å². The van der Waals surface area contributed by atoms with Gasteiger partial charge in [-0.15, -0.1) is 0 Å². The lowest BCUT2D eigenvalue weighted by atomic mass is 10.0. The lowest BCUT2D eigenvalue weighted by molar-refractivity contribution is -0.114. The standard InChI is InChI=1S/C16H24Br2N2O2/c1-9(2)20(10(3)4)8-15(22)13-6-12(17)7-14(18)16(13)19-11(5)21/h6-7,9-10,15,22H,8H2,1-5H3,(H,19,21). The first-order valence-electron chi connectivity index (χ1n) is 7.33. The minimum absolute atomic E-state index is 0.166. The van der Waals surface area contributed by atoms with Gasteiger partial charge < -0.3 is 10.4 Å². The average Bonchev–Trinajstić information content (AvgIpc) is 2.37. The van der Waals surface area contributed by atoms with Gasteiger partial charge in [0.05, 0.1) is 11.8 Å². The summed E-state index contributed by atoms with van der Waals surface area (Å²) in [6, 6.07) is 4.35. The zero-order valence-corrected chi connectivity index (χ0v) is 16.8. The quantitative estimate of drug-likeness (QED) is 0.699. The summed E-state index contributed by atoms with van der Waals surface area (Å²) in [6.07, 6.45) is -0.694. The molecule has 0 bridgehead atoms. The molecule has 1 atom stereocenters. The second-order valence-electron chi connectivity index (χ2n) is 5.93. The maximum absolute atomic E-state index is 11.4. The van der Waals surface area contributed by atoms with Crippen LogP contribution in [0, 0.1) is 0 Å². The van der Waals surface area contributed by atoms with Crippen LogP contribution >= 0.6 is 31.9 Å². The van der Waals surface area contributed by atoms with E-state index in [9.17, 15) is 9.90 Å². The van der Waals surface area contributed by atoms with Gasteiger partial charge in [0.2, 0.25) is 5.91 Å². The molecule has 0 saturated heterocycles. The molecule has 1 rings (SSSR count). The molecular weight excluding hydrogens is 412 g/mol. The first-order valence-corrected chi connectivity index (χ1v) is 8.92. The van der Waals surface area contributed by atoms with Gasteiger partial charge >= 0.3 is 0 Å². The number of nitrogens with one attached hydrogen (secondary N) is 1. The van der Waals surface area contributed by atoms with Crippen molar-refractivity contribution in [3.05, 3.63) is 26.6 Å². The molecule has 0 aliphatic heterocycles. The molecule has 22 heavy (non-hydrogen) atoms. The second-order valence-corrected chi connectivity index (χ2v) is 7.70. The zero-order valence-electron chi connectivity index (χ0n) is 13.7. The average molecular weight is 436 g/mol. The van der Waals surface area contributed by atoms with Gasteiger partial charge in [-0.1, -0.05) is 15.9 Å². The Labute approximate surface area is 149 Å². The molecule has 1 aromatic carbocycles. The van der Waals surface area contributed by atoms with Crippen LogP contribution in [0.25, 0.3) is 0 Å². The topological polar surface area (TPSA) is 52.6 Å². The van der Waals surface area contributed by atoms with Crippen LogP contribution in [0.2, 0.25) is 0 Å². The molecule has 0 radical (unpaired) electrons. The molecule has 1 unspecified atom stereocenters. The molecule has 124 valence electrons. The highest BCUT2D eigenvalue weighted by atomic mass is 79.9. The lowest BCUT2D eigenvalue weighted by Crippen LogP contribution is -2.40. The fourth-order valence-corrected chi connectivity index (χ4v) is 3.84. The first-order chi connectivity index (χ1) is 10.1. The number of amides is 1. The van der Waals surface area contributed by atoms with Crippen LogP contribution in [0.4, 0.5) is 5.69 Å². The Morgan fingerprint density at radius 3 is 2.23 bits per heavy atom. The van der Waals surface area contributed by atoms with Crippen LogP contribution in [0.15, 0.2) is 21.1 Å². The molecule has 0 saturated carbocycles. The number of carbonyl (C=O) groups excluding carboxylic acids is 1. The van der Waals surface area contributed by atoms with Gasteiger partial charge in [0.1, 0.15) is 0 Å². The molecule has 0 fully saturated rings. The summed E-state index contributed by atoms with van der Waals surface area (Å²) < 4.78 is 1.59. The molecular formula is C16H24Br2N2O2. The molecule has 1 aromatic rings. The summed E-state index contributed by atoms with van der Waals surface area (Å²) in [5.74, 6) is -0.166. The minimum Gasteiger partial charge on any atom is -0.387 e. The Balaban J connectivity index is 3.15. The predicted octanol–water partition coefficient (Wildman–Crippen LogP) is 4.32. The van der Waals surface area contributed by atoms with E-state index in [1.54, 1.807) is 0 Å². The summed E-state index contributed by atoms with van der Waals surface area (Å²) in [5.41, 5.74) is 1.32. The van der Waals surface area contributed by atoms with Gasteiger partial charge in [-0.25, -0.2) is 0 Å². The number of benzene rings is 1. The minimum atomic E-state index is -0.694. The van der Waals surface area contributed by atoms with Gasteiger partial charge in [-0.2, -0.15) is 0 Å². The molecule has 0 spiro atoms. The van der Waals surface area contributed by atoms with Crippen molar-refractivity contribution < 1.29 is 9.90 Å². The fourth-order valence-electron chi connectivity index (χ4n) is 2.48. The van der Waals surface area contributed by atoms with E-state index in [4.69, 9.17) is 0 Å². The van der Waals surface area contributed by atoms with E-state index in [2.05, 4.69) is 69.8 Å². The predicted molar refractivity (Wildman–Crippen MR) is 98.1 cm³/mol. The summed E-state index contributed by atoms with van der Waals surface area (Å²) >= 11 is 6.89. The molecule has 2 N–H and O–H groups in total. The molecule has 0 aliphatic carbocycles. The normalized spacial score (nSPS) is 13.0. The number of rotatable bonds is 6. The second kappa shape index (κ2) is 8.43. The maximum atomic E-state index is 11.4. The van der Waals surface area contributed by atoms with Crippen molar-refractivity contribution in [1.82, 2.24) is 4.90 Å². The van der Waals surface area contributed by atoms with Crippen molar-refractivity contribution in [3.8, 4) is 0 Å². The molecule has 0 heterocycles. The van der Waals surface area contributed by atoms with Crippen LogP contribution in [-0.2, 0) is 4.79 Å². The Hall–Kier alpha value is -0.430. The third-order valence-corrected chi connectivity index (χ3v) is 4.54. The van der Waals surface area contributed by atoms with Gasteiger partial charge in [-0.3, -0.25) is 9.69 Å². The number of halogens is 2. The summed E-state index contributed by atoms with van der Waals surface area (Å²) in [5, 5.41) is 13.5. The third kappa shape index (κ3) is 5.33. The Morgan fingerprint density at radius 2 is 1.77 bits per heavy atom. The smallest absolute Gasteiger partial charge is 0.221 e. The van der Waals surface area contributed by atoms with E-state index < -0.39 is 6.10 Å². The Bertz CT molecular complexity index is 525. The van der Waals surface area contributed by atoms with Crippen molar-refractivity contribution in [2.45, 2.75) is 52.8 Å². The highest BCUT2D eigenvalue weighted by Gasteiger charge is 2.22. The van der Waals surface area contributed by atoms with Crippen LogP contribution < -0.4 is 5.32 Å². The summed E-state index contributed by atoms with van der Waals surface area (Å²) in [6.45, 7) is 10.4. The number of anilines is 1. The van der Waals surface area contributed by atoms with Gasteiger partial charge in [0.15, 0.2) is 0 Å². The van der Waals surface area contributed by atoms with Crippen molar-refractivity contribution in [2.75, 3.05) is 11.9 Å². The lowest BCUT2D eigenvalue weighted by Gasteiger charge is -2.33. The van der Waals surface area contributed by atoms with E-state index in [0.29, 0.717) is 29.9 Å². The number of carbonyl (C=O) groups is 1. The van der Waals surface area contributed by atoms with Gasteiger partial charge in [0, 0.05) is 40.1 Å². The van der Waals surface area contributed by atoms with Crippen LogP contribution in [0.5, 0.6) is 0 Å². The molecule has 4 nitrogen and oxygen atoms in total. The first kappa shape index (κ1) is 19.6. The number of nitrogens with zero attached hydrogens (tertiary/aromatic N) is 1. The van der Waals surface area contributed by atoms with E-state index >= 15 is 0 Å². The van der Waals surface area contributed by atoms with E-state index in [-0.39, 0.29) is 5.91 Å². The van der Waals surface area contributed by atoms with E-state index in [1.165, 1.54) is 6.92 Å². The largest absolute Gasteiger partial charge is 0.387 e. The highest BCUT2D eigenvalue weighted by molar-refractivity contribution is 9.11. The van der Waals surface area contributed by atoms with E-state index in [0.717, 1.165) is 8.95 Å². The van der Waals surface area contributed by atoms with Crippen LogP contribution in [0.1, 0.15) is 46.3 Å². The Morgan fingerprint density at radius 1 is 1.23 bits per heavy atom. The number of aliphatic hydroxyl groups excluding tert-OH is 1. The van der Waals surface area contributed by atoms with Crippen molar-refractivity contribution in [3.63, 3.8) is 0 Å². The fraction of sp³-hybridized carbons (Fsp3) is 0.562. The monoisotopic (exact) mass is 434 g/mol. The Kier molecular flexibility index (Phi) is 7.52. The maximum Gasteiger partial charge on any atom is 0.221 e. The van der Waals surface area contributed by atoms with Crippen LogP contribution in [0.3, 0.4) is 0 Å². The number of aliphatic hydroxyl groups is 1. The summed E-state index contributed by atoms with van der Waals surface area (Å²) in [7, 11) is 0. The SMILES string of the molecule is CC(=O)Nc1c(Br)cc(Br)cc1C(O)CN(C(C)C)C(C)C. The van der Waals surface area contributed by atoms with Gasteiger partial charge in [-0.05, 0) is 55.8 Å². The number of hydrogen-bond donors (Lipinski definition) is 2. The van der Waals surface area contributed by atoms with Crippen molar-refractivity contribution >= 4 is 43.5 Å². The van der Waals surface area contributed by atoms with Gasteiger partial charge in [0.25, 0.3) is 0 Å². The third-order valence-electron chi connectivity index (χ3n) is 3.46. The molecule has 1 amide bonds. The van der Waals surface area contributed by atoms with Crippen LogP contribution in [-0.4, -0.2) is 34.5 Å². The highest BCUT2D eigenvalue weighted by Crippen LogP contribution is 2.35. The zero-order chi connectivity index (χ0) is 17.0. The molecule has 6 heteroatoms. The number of hydrogen-bond acceptors (Lipinski definition) is 3. The van der Waals surface area contributed by atoms with Crippen molar-refractivity contribution in [1.29, 1.82) is 0 Å². The summed E-state index contributed by atoms with van der Waals surface area (Å²) in [4.78, 5) is 13.6. The molecule has 0 aliphatic rings. The van der Waals surface area contributed by atoms with E-state index in [1.807, 2.05) is 12.1 Å². The molecule has 0 aromatic heterocycles.